The van der Waals surface area contributed by atoms with Crippen molar-refractivity contribution in [1.82, 2.24) is 30.4 Å². The number of hydrogen-bond acceptors (Lipinski definition) is 6. The number of halogens is 1. The maximum atomic E-state index is 13.6. The quantitative estimate of drug-likeness (QED) is 0.663. The predicted octanol–water partition coefficient (Wildman–Crippen LogP) is 1.39. The van der Waals surface area contributed by atoms with Crippen molar-refractivity contribution in [3.63, 3.8) is 0 Å². The lowest BCUT2D eigenvalue weighted by Crippen LogP contribution is -2.40. The van der Waals surface area contributed by atoms with Gasteiger partial charge in [-0.25, -0.2) is 13.9 Å². The monoisotopic (exact) mass is 383 g/mol. The second kappa shape index (κ2) is 7.22. The van der Waals surface area contributed by atoms with Crippen molar-refractivity contribution in [1.29, 1.82) is 0 Å². The van der Waals surface area contributed by atoms with Gasteiger partial charge in [0.25, 0.3) is 5.91 Å². The van der Waals surface area contributed by atoms with E-state index in [1.165, 1.54) is 29.9 Å². The zero-order chi connectivity index (χ0) is 19.7. The molecule has 2 amide bonds. The van der Waals surface area contributed by atoms with Gasteiger partial charge >= 0.3 is 0 Å². The van der Waals surface area contributed by atoms with Crippen LogP contribution in [-0.2, 0) is 4.79 Å². The van der Waals surface area contributed by atoms with Crippen molar-refractivity contribution in [2.45, 2.75) is 25.8 Å². The molecule has 3 aromatic heterocycles. The first-order chi connectivity index (χ1) is 13.5. The van der Waals surface area contributed by atoms with Gasteiger partial charge in [-0.05, 0) is 30.5 Å². The van der Waals surface area contributed by atoms with Crippen LogP contribution >= 0.6 is 0 Å². The van der Waals surface area contributed by atoms with Gasteiger partial charge in [0, 0.05) is 25.9 Å². The lowest BCUT2D eigenvalue weighted by atomic mass is 10.1. The van der Waals surface area contributed by atoms with Gasteiger partial charge in [-0.3, -0.25) is 25.4 Å². The van der Waals surface area contributed by atoms with Crippen LogP contribution in [0.1, 0.15) is 41.7 Å². The third-order valence-electron chi connectivity index (χ3n) is 4.61. The maximum absolute atomic E-state index is 13.6. The molecule has 0 aliphatic carbocycles. The Kier molecular flexibility index (Phi) is 4.60. The fourth-order valence-corrected chi connectivity index (χ4v) is 3.39. The molecule has 9 nitrogen and oxygen atoms in total. The molecule has 28 heavy (non-hydrogen) atoms. The van der Waals surface area contributed by atoms with Crippen LogP contribution in [0.4, 0.5) is 10.2 Å². The third-order valence-corrected chi connectivity index (χ3v) is 4.61. The Balaban J connectivity index is 1.66. The van der Waals surface area contributed by atoms with Gasteiger partial charge in [0.1, 0.15) is 17.2 Å². The van der Waals surface area contributed by atoms with Crippen molar-refractivity contribution < 1.29 is 14.0 Å². The minimum atomic E-state index is -0.512. The molecule has 1 fully saturated rings. The molecule has 144 valence electrons. The predicted molar refractivity (Wildman–Crippen MR) is 97.8 cm³/mol. The fourth-order valence-electron chi connectivity index (χ4n) is 3.39. The Labute approximate surface area is 159 Å². The normalized spacial score (nSPS) is 16.4. The molecule has 1 aliphatic rings. The summed E-state index contributed by atoms with van der Waals surface area (Å²) in [5.74, 6) is -0.613. The molecule has 10 heteroatoms. The van der Waals surface area contributed by atoms with Crippen LogP contribution in [0.3, 0.4) is 0 Å². The molecule has 3 aromatic rings. The number of amides is 2. The zero-order valence-electron chi connectivity index (χ0n) is 15.1. The van der Waals surface area contributed by atoms with Crippen LogP contribution in [0.25, 0.3) is 5.65 Å². The number of hydrazine groups is 1. The number of carbonyl (C=O) groups is 2. The van der Waals surface area contributed by atoms with Crippen LogP contribution in [0.5, 0.6) is 0 Å². The number of anilines is 1. The van der Waals surface area contributed by atoms with E-state index in [9.17, 15) is 14.0 Å². The van der Waals surface area contributed by atoms with Gasteiger partial charge < -0.3 is 4.90 Å². The second-order valence-corrected chi connectivity index (χ2v) is 6.54. The first kappa shape index (κ1) is 17.8. The minimum absolute atomic E-state index is 0.0438. The Morgan fingerprint density at radius 1 is 1.25 bits per heavy atom. The van der Waals surface area contributed by atoms with Crippen LogP contribution in [0.15, 0.2) is 36.9 Å². The first-order valence-corrected chi connectivity index (χ1v) is 8.81. The maximum Gasteiger partial charge on any atom is 0.275 e. The van der Waals surface area contributed by atoms with Crippen LogP contribution in [0, 0.1) is 5.82 Å². The Morgan fingerprint density at radius 2 is 2.11 bits per heavy atom. The van der Waals surface area contributed by atoms with Crippen molar-refractivity contribution in [3.05, 3.63) is 53.9 Å². The topological polar surface area (TPSA) is 105 Å². The van der Waals surface area contributed by atoms with Crippen molar-refractivity contribution in [2.75, 3.05) is 11.4 Å². The summed E-state index contributed by atoms with van der Waals surface area (Å²) in [5.41, 5.74) is 5.94. The number of pyridine rings is 1. The van der Waals surface area contributed by atoms with Crippen LogP contribution < -0.4 is 15.8 Å². The summed E-state index contributed by atoms with van der Waals surface area (Å²) >= 11 is 0. The van der Waals surface area contributed by atoms with E-state index in [2.05, 4.69) is 30.8 Å². The highest BCUT2D eigenvalue weighted by Crippen LogP contribution is 2.35. The van der Waals surface area contributed by atoms with E-state index in [1.54, 1.807) is 18.5 Å². The molecular weight excluding hydrogens is 365 g/mol. The standard InChI is InChI=1S/C18H18FN7O2/c1-11(27)23-24-18(28)14-10-21-26-6-4-16(22-17(14)26)25-5-2-3-15(25)12-7-13(19)9-20-8-12/h4,6-10,15H,2-3,5H2,1H3,(H,23,27)(H,24,28). The van der Waals surface area contributed by atoms with E-state index in [1.807, 2.05) is 0 Å². The molecule has 0 spiro atoms. The lowest BCUT2D eigenvalue weighted by Gasteiger charge is -2.26. The van der Waals surface area contributed by atoms with E-state index in [0.29, 0.717) is 11.5 Å². The molecule has 1 unspecified atom stereocenters. The Morgan fingerprint density at radius 3 is 2.89 bits per heavy atom. The number of carbonyl (C=O) groups excluding carboxylic acids is 2. The van der Waals surface area contributed by atoms with Gasteiger partial charge in [-0.2, -0.15) is 5.10 Å². The molecular formula is C18H18FN7O2. The van der Waals surface area contributed by atoms with Gasteiger partial charge in [0.05, 0.1) is 18.4 Å². The van der Waals surface area contributed by atoms with Crippen LogP contribution in [-0.4, -0.2) is 37.9 Å². The van der Waals surface area contributed by atoms with E-state index >= 15 is 0 Å². The average Bonchev–Trinajstić information content (AvgIpc) is 3.32. The van der Waals surface area contributed by atoms with E-state index in [0.717, 1.165) is 24.9 Å². The molecule has 0 bridgehead atoms. The van der Waals surface area contributed by atoms with Crippen molar-refractivity contribution >= 4 is 23.3 Å². The highest BCUT2D eigenvalue weighted by atomic mass is 19.1. The highest BCUT2D eigenvalue weighted by molar-refractivity contribution is 6.00. The second-order valence-electron chi connectivity index (χ2n) is 6.54. The van der Waals surface area contributed by atoms with Crippen molar-refractivity contribution in [2.24, 2.45) is 0 Å². The summed E-state index contributed by atoms with van der Waals surface area (Å²) in [5, 5.41) is 4.13. The SMILES string of the molecule is CC(=O)NNC(=O)c1cnn2ccc(N3CCCC3c3cncc(F)c3)nc12. The number of fused-ring (bicyclic) bond motifs is 1. The summed E-state index contributed by atoms with van der Waals surface area (Å²) in [6.07, 6.45) is 7.73. The molecule has 4 heterocycles. The minimum Gasteiger partial charge on any atom is -0.349 e. The summed E-state index contributed by atoms with van der Waals surface area (Å²) in [6, 6.07) is 3.25. The largest absolute Gasteiger partial charge is 0.349 e. The van der Waals surface area contributed by atoms with Crippen LogP contribution in [0.2, 0.25) is 0 Å². The number of nitrogens with zero attached hydrogens (tertiary/aromatic N) is 5. The summed E-state index contributed by atoms with van der Waals surface area (Å²) in [6.45, 7) is 2.05. The molecule has 1 atom stereocenters. The number of rotatable bonds is 3. The Hall–Kier alpha value is -3.56. The molecule has 1 aliphatic heterocycles. The molecule has 2 N–H and O–H groups in total. The van der Waals surface area contributed by atoms with Gasteiger partial charge in [0.15, 0.2) is 5.65 Å². The van der Waals surface area contributed by atoms with Gasteiger partial charge in [-0.1, -0.05) is 0 Å². The number of nitrogens with one attached hydrogen (secondary N) is 2. The van der Waals surface area contributed by atoms with Crippen molar-refractivity contribution in [3.8, 4) is 0 Å². The summed E-state index contributed by atoms with van der Waals surface area (Å²) in [7, 11) is 0. The van der Waals surface area contributed by atoms with E-state index in [4.69, 9.17) is 0 Å². The third kappa shape index (κ3) is 3.36. The zero-order valence-corrected chi connectivity index (χ0v) is 15.1. The molecule has 0 aromatic carbocycles. The first-order valence-electron chi connectivity index (χ1n) is 8.81. The smallest absolute Gasteiger partial charge is 0.275 e. The molecule has 4 rings (SSSR count). The molecule has 0 saturated carbocycles. The Bertz CT molecular complexity index is 1050. The van der Waals surface area contributed by atoms with Gasteiger partial charge in [-0.15, -0.1) is 0 Å². The summed E-state index contributed by atoms with van der Waals surface area (Å²) in [4.78, 5) is 33.9. The number of hydrogen-bond donors (Lipinski definition) is 2. The molecule has 0 radical (unpaired) electrons. The summed E-state index contributed by atoms with van der Waals surface area (Å²) < 4.78 is 15.1. The fraction of sp³-hybridized carbons (Fsp3) is 0.278. The average molecular weight is 383 g/mol. The number of aromatic nitrogens is 4. The van der Waals surface area contributed by atoms with E-state index < -0.39 is 5.91 Å². The van der Waals surface area contributed by atoms with Gasteiger partial charge in [0.2, 0.25) is 5.91 Å². The van der Waals surface area contributed by atoms with E-state index in [-0.39, 0.29) is 23.3 Å². The highest BCUT2D eigenvalue weighted by Gasteiger charge is 2.28. The lowest BCUT2D eigenvalue weighted by molar-refractivity contribution is -0.119. The molecule has 1 saturated heterocycles.